The summed E-state index contributed by atoms with van der Waals surface area (Å²) in [5, 5.41) is 8.19. The lowest BCUT2D eigenvalue weighted by Crippen LogP contribution is -2.51. The molecule has 0 radical (unpaired) electrons. The molecule has 0 aromatic rings. The molecule has 19 heavy (non-hydrogen) atoms. The number of hydrogen-bond acceptors (Lipinski definition) is 3. The summed E-state index contributed by atoms with van der Waals surface area (Å²) < 4.78 is 0. The smallest absolute Gasteiger partial charge is 0.321 e. The monoisotopic (exact) mass is 269 g/mol. The minimum Gasteiger partial charge on any atom is -0.338 e. The number of urea groups is 1. The Morgan fingerprint density at radius 2 is 1.79 bits per heavy atom. The minimum atomic E-state index is -0.425. The van der Waals surface area contributed by atoms with Crippen LogP contribution in [0, 0.1) is 5.92 Å². The van der Waals surface area contributed by atoms with E-state index in [0.29, 0.717) is 18.5 Å². The zero-order valence-electron chi connectivity index (χ0n) is 12.3. The number of imide groups is 1. The van der Waals surface area contributed by atoms with E-state index in [4.69, 9.17) is 0 Å². The molecule has 1 fully saturated rings. The minimum absolute atomic E-state index is 0.270. The molecule has 1 aliphatic rings. The summed E-state index contributed by atoms with van der Waals surface area (Å²) >= 11 is 0. The molecule has 0 spiro atoms. The van der Waals surface area contributed by atoms with Crippen LogP contribution in [0.1, 0.15) is 52.9 Å². The summed E-state index contributed by atoms with van der Waals surface area (Å²) in [7, 11) is 0. The zero-order valence-corrected chi connectivity index (χ0v) is 12.3. The van der Waals surface area contributed by atoms with E-state index in [0.717, 1.165) is 0 Å². The molecule has 3 amide bonds. The molecule has 5 nitrogen and oxygen atoms in total. The Kier molecular flexibility index (Phi) is 6.84. The van der Waals surface area contributed by atoms with E-state index < -0.39 is 6.03 Å². The third-order valence-corrected chi connectivity index (χ3v) is 3.84. The molecule has 1 saturated carbocycles. The normalized spacial score (nSPS) is 19.5. The molecule has 0 aromatic carbocycles. The number of nitrogens with one attached hydrogen (secondary N) is 3. The van der Waals surface area contributed by atoms with Gasteiger partial charge in [-0.2, -0.15) is 0 Å². The predicted octanol–water partition coefficient (Wildman–Crippen LogP) is 1.78. The number of carbonyl (C=O) groups excluding carboxylic acids is 2. The quantitative estimate of drug-likeness (QED) is 0.712. The molecule has 110 valence electrons. The van der Waals surface area contributed by atoms with Gasteiger partial charge in [-0.15, -0.1) is 0 Å². The van der Waals surface area contributed by atoms with Crippen molar-refractivity contribution in [1.82, 2.24) is 16.0 Å². The molecule has 0 heterocycles. The zero-order chi connectivity index (χ0) is 14.3. The third kappa shape index (κ3) is 5.59. The van der Waals surface area contributed by atoms with E-state index >= 15 is 0 Å². The van der Waals surface area contributed by atoms with Crippen molar-refractivity contribution in [2.75, 3.05) is 6.54 Å². The molecule has 5 heteroatoms. The van der Waals surface area contributed by atoms with E-state index in [9.17, 15) is 9.59 Å². The van der Waals surface area contributed by atoms with E-state index in [2.05, 4.69) is 22.9 Å². The van der Waals surface area contributed by atoms with Crippen LogP contribution in [0.3, 0.4) is 0 Å². The second-order valence-corrected chi connectivity index (χ2v) is 5.42. The molecular formula is C14H27N3O2. The van der Waals surface area contributed by atoms with Crippen molar-refractivity contribution in [2.45, 2.75) is 65.0 Å². The summed E-state index contributed by atoms with van der Waals surface area (Å²) in [6.45, 7) is 6.26. The molecule has 1 rings (SSSR count). The highest BCUT2D eigenvalue weighted by molar-refractivity contribution is 5.96. The Morgan fingerprint density at radius 1 is 1.16 bits per heavy atom. The number of carbonyl (C=O) groups is 2. The van der Waals surface area contributed by atoms with Gasteiger partial charge < -0.3 is 10.6 Å². The first-order chi connectivity index (χ1) is 9.04. The molecule has 0 saturated heterocycles. The molecular weight excluding hydrogens is 242 g/mol. The Morgan fingerprint density at radius 3 is 2.37 bits per heavy atom. The highest BCUT2D eigenvalue weighted by Crippen LogP contribution is 2.26. The van der Waals surface area contributed by atoms with Gasteiger partial charge in [-0.05, 0) is 39.5 Å². The van der Waals surface area contributed by atoms with Gasteiger partial charge in [0.2, 0.25) is 5.91 Å². The van der Waals surface area contributed by atoms with Crippen molar-refractivity contribution >= 4 is 11.9 Å². The van der Waals surface area contributed by atoms with E-state index in [1.807, 2.05) is 6.92 Å². The van der Waals surface area contributed by atoms with Crippen molar-refractivity contribution in [1.29, 1.82) is 0 Å². The van der Waals surface area contributed by atoms with Crippen LogP contribution >= 0.6 is 0 Å². The maximum atomic E-state index is 11.8. The SMILES string of the molecule is CCNC(=O)NC(=O)C(C)NC(C)C1CCCCC1. The highest BCUT2D eigenvalue weighted by Gasteiger charge is 2.23. The van der Waals surface area contributed by atoms with Gasteiger partial charge in [-0.3, -0.25) is 10.1 Å². The van der Waals surface area contributed by atoms with Gasteiger partial charge in [-0.25, -0.2) is 4.79 Å². The number of rotatable bonds is 5. The first-order valence-corrected chi connectivity index (χ1v) is 7.39. The lowest BCUT2D eigenvalue weighted by Gasteiger charge is -2.30. The van der Waals surface area contributed by atoms with Crippen molar-refractivity contribution in [3.8, 4) is 0 Å². The average molecular weight is 269 g/mol. The molecule has 0 bridgehead atoms. The summed E-state index contributed by atoms with van der Waals surface area (Å²) in [5.74, 6) is 0.377. The second kappa shape index (κ2) is 8.15. The van der Waals surface area contributed by atoms with Crippen LogP contribution in [-0.4, -0.2) is 30.6 Å². The van der Waals surface area contributed by atoms with Gasteiger partial charge in [0.1, 0.15) is 0 Å². The fraction of sp³-hybridized carbons (Fsp3) is 0.857. The van der Waals surface area contributed by atoms with Crippen LogP contribution < -0.4 is 16.0 Å². The van der Waals surface area contributed by atoms with E-state index in [-0.39, 0.29) is 11.9 Å². The van der Waals surface area contributed by atoms with Gasteiger partial charge >= 0.3 is 6.03 Å². The van der Waals surface area contributed by atoms with Crippen molar-refractivity contribution in [2.24, 2.45) is 5.92 Å². The molecule has 0 aromatic heterocycles. The number of hydrogen-bond donors (Lipinski definition) is 3. The van der Waals surface area contributed by atoms with Crippen LogP contribution in [0.15, 0.2) is 0 Å². The van der Waals surface area contributed by atoms with Crippen molar-refractivity contribution in [3.05, 3.63) is 0 Å². The molecule has 3 N–H and O–H groups in total. The fourth-order valence-electron chi connectivity index (χ4n) is 2.67. The lowest BCUT2D eigenvalue weighted by molar-refractivity contribution is -0.121. The Balaban J connectivity index is 2.33. The second-order valence-electron chi connectivity index (χ2n) is 5.42. The summed E-state index contributed by atoms with van der Waals surface area (Å²) in [6, 6.07) is -0.457. The maximum absolute atomic E-state index is 11.8. The number of amides is 3. The topological polar surface area (TPSA) is 70.2 Å². The van der Waals surface area contributed by atoms with E-state index in [1.165, 1.54) is 32.1 Å². The van der Waals surface area contributed by atoms with Crippen LogP contribution in [-0.2, 0) is 4.79 Å². The summed E-state index contributed by atoms with van der Waals surface area (Å²) in [5.41, 5.74) is 0. The van der Waals surface area contributed by atoms with Crippen LogP contribution in [0.25, 0.3) is 0 Å². The van der Waals surface area contributed by atoms with Gasteiger partial charge in [0.05, 0.1) is 6.04 Å². The Bertz CT molecular complexity index is 301. The average Bonchev–Trinajstić information content (AvgIpc) is 2.39. The maximum Gasteiger partial charge on any atom is 0.321 e. The van der Waals surface area contributed by atoms with Crippen molar-refractivity contribution < 1.29 is 9.59 Å². The standard InChI is InChI=1S/C14H27N3O2/c1-4-15-14(19)17-13(18)11(3)16-10(2)12-8-6-5-7-9-12/h10-12,16H,4-9H2,1-3H3,(H2,15,17,18,19). The molecule has 1 aliphatic carbocycles. The highest BCUT2D eigenvalue weighted by atomic mass is 16.2. The summed E-state index contributed by atoms with van der Waals surface area (Å²) in [6.07, 6.45) is 6.38. The molecule has 0 aliphatic heterocycles. The van der Waals surface area contributed by atoms with Crippen molar-refractivity contribution in [3.63, 3.8) is 0 Å². The van der Waals surface area contributed by atoms with Crippen LogP contribution in [0.4, 0.5) is 4.79 Å². The Hall–Kier alpha value is -1.10. The van der Waals surface area contributed by atoms with Crippen LogP contribution in [0.2, 0.25) is 0 Å². The van der Waals surface area contributed by atoms with Crippen LogP contribution in [0.5, 0.6) is 0 Å². The van der Waals surface area contributed by atoms with Gasteiger partial charge in [0.25, 0.3) is 0 Å². The largest absolute Gasteiger partial charge is 0.338 e. The molecule has 2 atom stereocenters. The Labute approximate surface area is 115 Å². The first kappa shape index (κ1) is 16.0. The van der Waals surface area contributed by atoms with Gasteiger partial charge in [-0.1, -0.05) is 19.3 Å². The third-order valence-electron chi connectivity index (χ3n) is 3.84. The fourth-order valence-corrected chi connectivity index (χ4v) is 2.67. The van der Waals surface area contributed by atoms with Gasteiger partial charge in [0, 0.05) is 12.6 Å². The molecule has 2 unspecified atom stereocenters. The summed E-state index contributed by atoms with van der Waals surface area (Å²) in [4.78, 5) is 23.1. The predicted molar refractivity (Wildman–Crippen MR) is 75.9 cm³/mol. The first-order valence-electron chi connectivity index (χ1n) is 7.39. The lowest BCUT2D eigenvalue weighted by atomic mass is 9.84. The van der Waals surface area contributed by atoms with E-state index in [1.54, 1.807) is 6.92 Å². The van der Waals surface area contributed by atoms with Gasteiger partial charge in [0.15, 0.2) is 0 Å².